The Morgan fingerprint density at radius 1 is 1.05 bits per heavy atom. The maximum atomic E-state index is 12.3. The van der Waals surface area contributed by atoms with Crippen molar-refractivity contribution < 1.29 is 13.2 Å². The van der Waals surface area contributed by atoms with Gasteiger partial charge in [-0.1, -0.05) is 6.07 Å². The van der Waals surface area contributed by atoms with E-state index >= 15 is 0 Å². The zero-order valence-corrected chi connectivity index (χ0v) is 11.2. The van der Waals surface area contributed by atoms with E-state index in [9.17, 15) is 13.2 Å². The summed E-state index contributed by atoms with van der Waals surface area (Å²) in [6.45, 7) is 2.38. The second kappa shape index (κ2) is 6.51. The molecule has 112 valence electrons. The Kier molecular flexibility index (Phi) is 4.95. The van der Waals surface area contributed by atoms with Crippen molar-refractivity contribution in [1.29, 1.82) is 0 Å². The first-order valence-electron chi connectivity index (χ1n) is 6.62. The van der Waals surface area contributed by atoms with Crippen molar-refractivity contribution in [2.24, 2.45) is 5.73 Å². The number of pyridine rings is 1. The Hall–Kier alpha value is -1.18. The lowest BCUT2D eigenvalue weighted by Crippen LogP contribution is -2.48. The van der Waals surface area contributed by atoms with Gasteiger partial charge in [0.1, 0.15) is 0 Å². The normalized spacial score (nSPS) is 18.4. The third kappa shape index (κ3) is 4.73. The van der Waals surface area contributed by atoms with Crippen molar-refractivity contribution in [3.63, 3.8) is 0 Å². The molecule has 0 spiro atoms. The van der Waals surface area contributed by atoms with Crippen LogP contribution in [0.5, 0.6) is 0 Å². The van der Waals surface area contributed by atoms with Crippen LogP contribution in [0.4, 0.5) is 13.2 Å². The summed E-state index contributed by atoms with van der Waals surface area (Å²) < 4.78 is 36.9. The van der Waals surface area contributed by atoms with Crippen LogP contribution in [0, 0.1) is 0 Å². The summed E-state index contributed by atoms with van der Waals surface area (Å²) in [5, 5.41) is 0. The fourth-order valence-electron chi connectivity index (χ4n) is 2.32. The van der Waals surface area contributed by atoms with E-state index in [1.165, 1.54) is 4.90 Å². The lowest BCUT2D eigenvalue weighted by atomic mass is 10.2. The SMILES string of the molecule is NCc1cccc(CN2CCN(CC(F)(F)F)CC2)n1. The molecule has 2 N–H and O–H groups in total. The van der Waals surface area contributed by atoms with Crippen molar-refractivity contribution in [2.45, 2.75) is 19.3 Å². The molecule has 1 aliphatic heterocycles. The highest BCUT2D eigenvalue weighted by Crippen LogP contribution is 2.17. The fourth-order valence-corrected chi connectivity index (χ4v) is 2.32. The van der Waals surface area contributed by atoms with E-state index in [4.69, 9.17) is 5.73 Å². The van der Waals surface area contributed by atoms with Gasteiger partial charge in [0, 0.05) is 39.3 Å². The van der Waals surface area contributed by atoms with E-state index in [0.29, 0.717) is 39.3 Å². The Morgan fingerprint density at radius 3 is 2.25 bits per heavy atom. The highest BCUT2D eigenvalue weighted by molar-refractivity contribution is 5.11. The molecule has 1 aliphatic rings. The number of piperazine rings is 1. The van der Waals surface area contributed by atoms with Crippen molar-refractivity contribution in [2.75, 3.05) is 32.7 Å². The van der Waals surface area contributed by atoms with Gasteiger partial charge in [0.05, 0.1) is 17.9 Å². The quantitative estimate of drug-likeness (QED) is 0.905. The first-order valence-corrected chi connectivity index (χ1v) is 6.62. The number of halogens is 3. The van der Waals surface area contributed by atoms with E-state index in [2.05, 4.69) is 9.88 Å². The lowest BCUT2D eigenvalue weighted by molar-refractivity contribution is -0.149. The number of nitrogens with two attached hydrogens (primary N) is 1. The molecule has 1 saturated heterocycles. The summed E-state index contributed by atoms with van der Waals surface area (Å²) in [7, 11) is 0. The van der Waals surface area contributed by atoms with E-state index in [1.807, 2.05) is 18.2 Å². The van der Waals surface area contributed by atoms with Crippen LogP contribution >= 0.6 is 0 Å². The molecule has 2 heterocycles. The van der Waals surface area contributed by atoms with Gasteiger partial charge >= 0.3 is 6.18 Å². The Labute approximate surface area is 116 Å². The maximum absolute atomic E-state index is 12.3. The Balaban J connectivity index is 1.82. The molecule has 0 radical (unpaired) electrons. The topological polar surface area (TPSA) is 45.4 Å². The van der Waals surface area contributed by atoms with Crippen LogP contribution < -0.4 is 5.73 Å². The third-order valence-electron chi connectivity index (χ3n) is 3.33. The van der Waals surface area contributed by atoms with Crippen molar-refractivity contribution in [1.82, 2.24) is 14.8 Å². The van der Waals surface area contributed by atoms with Gasteiger partial charge in [0.25, 0.3) is 0 Å². The number of alkyl halides is 3. The molecule has 0 amide bonds. The Morgan fingerprint density at radius 2 is 1.65 bits per heavy atom. The second-order valence-electron chi connectivity index (χ2n) is 4.99. The summed E-state index contributed by atoms with van der Waals surface area (Å²) >= 11 is 0. The lowest BCUT2D eigenvalue weighted by Gasteiger charge is -2.34. The molecular weight excluding hydrogens is 269 g/mol. The first-order chi connectivity index (χ1) is 9.46. The van der Waals surface area contributed by atoms with Crippen LogP contribution in [0.15, 0.2) is 18.2 Å². The van der Waals surface area contributed by atoms with Crippen molar-refractivity contribution in [3.8, 4) is 0 Å². The Bertz CT molecular complexity index is 428. The molecule has 20 heavy (non-hydrogen) atoms. The minimum atomic E-state index is -4.11. The van der Waals surface area contributed by atoms with Gasteiger partial charge in [-0.05, 0) is 12.1 Å². The molecule has 7 heteroatoms. The minimum Gasteiger partial charge on any atom is -0.325 e. The van der Waals surface area contributed by atoms with Crippen LogP contribution in [0.2, 0.25) is 0 Å². The molecule has 4 nitrogen and oxygen atoms in total. The van der Waals surface area contributed by atoms with E-state index in [-0.39, 0.29) is 0 Å². The molecule has 0 aromatic carbocycles. The molecule has 0 bridgehead atoms. The van der Waals surface area contributed by atoms with Gasteiger partial charge in [0.15, 0.2) is 0 Å². The molecule has 0 unspecified atom stereocenters. The molecule has 0 aliphatic carbocycles. The van der Waals surface area contributed by atoms with Gasteiger partial charge in [0.2, 0.25) is 0 Å². The van der Waals surface area contributed by atoms with Gasteiger partial charge < -0.3 is 5.73 Å². The zero-order chi connectivity index (χ0) is 14.6. The number of aromatic nitrogens is 1. The number of nitrogens with zero attached hydrogens (tertiary/aromatic N) is 3. The van der Waals surface area contributed by atoms with Gasteiger partial charge in [-0.15, -0.1) is 0 Å². The molecule has 1 fully saturated rings. The molecular formula is C13H19F3N4. The molecule has 1 aromatic rings. The first kappa shape index (κ1) is 15.2. The number of rotatable bonds is 4. The zero-order valence-electron chi connectivity index (χ0n) is 11.2. The van der Waals surface area contributed by atoms with E-state index < -0.39 is 12.7 Å². The second-order valence-corrected chi connectivity index (χ2v) is 4.99. The largest absolute Gasteiger partial charge is 0.401 e. The summed E-state index contributed by atoms with van der Waals surface area (Å²) in [4.78, 5) is 7.97. The van der Waals surface area contributed by atoms with Crippen LogP contribution in [0.1, 0.15) is 11.4 Å². The predicted molar refractivity (Wildman–Crippen MR) is 69.9 cm³/mol. The summed E-state index contributed by atoms with van der Waals surface area (Å²) in [5.41, 5.74) is 7.29. The van der Waals surface area contributed by atoms with E-state index in [1.54, 1.807) is 0 Å². The highest BCUT2D eigenvalue weighted by Gasteiger charge is 2.32. The van der Waals surface area contributed by atoms with Crippen LogP contribution in [-0.2, 0) is 13.1 Å². The summed E-state index contributed by atoms with van der Waals surface area (Å²) in [6, 6.07) is 5.69. The van der Waals surface area contributed by atoms with Crippen molar-refractivity contribution >= 4 is 0 Å². The molecule has 0 saturated carbocycles. The standard InChI is InChI=1S/C13H19F3N4/c14-13(15,16)10-20-6-4-19(5-7-20)9-12-3-1-2-11(8-17)18-12/h1-3H,4-10,17H2. The van der Waals surface area contributed by atoms with Gasteiger partial charge in [-0.25, -0.2) is 0 Å². The molecule has 0 atom stereocenters. The number of hydrogen-bond acceptors (Lipinski definition) is 4. The van der Waals surface area contributed by atoms with Gasteiger partial charge in [-0.3, -0.25) is 14.8 Å². The van der Waals surface area contributed by atoms with Crippen molar-refractivity contribution in [3.05, 3.63) is 29.6 Å². The van der Waals surface area contributed by atoms with E-state index in [0.717, 1.165) is 11.4 Å². The monoisotopic (exact) mass is 288 g/mol. The van der Waals surface area contributed by atoms with Gasteiger partial charge in [-0.2, -0.15) is 13.2 Å². The van der Waals surface area contributed by atoms with Crippen LogP contribution in [0.3, 0.4) is 0 Å². The highest BCUT2D eigenvalue weighted by atomic mass is 19.4. The fraction of sp³-hybridized carbons (Fsp3) is 0.615. The predicted octanol–water partition coefficient (Wildman–Crippen LogP) is 1.22. The molecule has 2 rings (SSSR count). The third-order valence-corrected chi connectivity index (χ3v) is 3.33. The summed E-state index contributed by atoms with van der Waals surface area (Å²) in [6.07, 6.45) is -4.11. The minimum absolute atomic E-state index is 0.396. The average molecular weight is 288 g/mol. The van der Waals surface area contributed by atoms with Crippen LogP contribution in [-0.4, -0.2) is 53.7 Å². The van der Waals surface area contributed by atoms with Crippen LogP contribution in [0.25, 0.3) is 0 Å². The molecule has 1 aromatic heterocycles. The summed E-state index contributed by atoms with van der Waals surface area (Å²) in [5.74, 6) is 0. The maximum Gasteiger partial charge on any atom is 0.401 e. The smallest absolute Gasteiger partial charge is 0.325 e. The number of hydrogen-bond donors (Lipinski definition) is 1. The average Bonchev–Trinajstić information content (AvgIpc) is 2.40.